The standard InChI is InChI=1S/C15H17F4N3O3/c1-7(20-14(24)12-6-13(23)22-8(2)21-12)10-4-3-9(5-11(10)16)25-15(17,18)19/h3-5,7-8,12,21H,6H2,1-2H3,(H,20,24)(H,22,23)/t7-,8?,12?/m1/s1. The fraction of sp³-hybridized carbons (Fsp3) is 0.467. The van der Waals surface area contributed by atoms with E-state index in [1.54, 1.807) is 6.92 Å². The van der Waals surface area contributed by atoms with Crippen LogP contribution in [0, 0.1) is 5.82 Å². The second-order valence-corrected chi connectivity index (χ2v) is 5.67. The molecule has 1 aromatic rings. The van der Waals surface area contributed by atoms with Crippen molar-refractivity contribution < 1.29 is 31.9 Å². The molecule has 1 aromatic carbocycles. The quantitative estimate of drug-likeness (QED) is 0.712. The van der Waals surface area contributed by atoms with Crippen LogP contribution in [0.2, 0.25) is 0 Å². The average molecular weight is 363 g/mol. The van der Waals surface area contributed by atoms with E-state index in [1.807, 2.05) is 0 Å². The van der Waals surface area contributed by atoms with Crippen LogP contribution in [0.3, 0.4) is 0 Å². The maximum Gasteiger partial charge on any atom is 0.573 e. The maximum absolute atomic E-state index is 14.0. The lowest BCUT2D eigenvalue weighted by atomic mass is 10.1. The van der Waals surface area contributed by atoms with Gasteiger partial charge in [-0.25, -0.2) is 4.39 Å². The number of hydrogen-bond acceptors (Lipinski definition) is 4. The molecule has 2 unspecified atom stereocenters. The minimum atomic E-state index is -4.92. The molecule has 0 saturated carbocycles. The van der Waals surface area contributed by atoms with E-state index in [0.29, 0.717) is 6.07 Å². The Balaban J connectivity index is 2.04. The molecule has 3 atom stereocenters. The van der Waals surface area contributed by atoms with E-state index in [-0.39, 0.29) is 24.1 Å². The second-order valence-electron chi connectivity index (χ2n) is 5.67. The third-order valence-corrected chi connectivity index (χ3v) is 3.57. The summed E-state index contributed by atoms with van der Waals surface area (Å²) >= 11 is 0. The van der Waals surface area contributed by atoms with Crippen LogP contribution in [0.25, 0.3) is 0 Å². The Morgan fingerprint density at radius 1 is 1.40 bits per heavy atom. The summed E-state index contributed by atoms with van der Waals surface area (Å²) in [6, 6.07) is 1.07. The number of amides is 2. The van der Waals surface area contributed by atoms with Crippen LogP contribution < -0.4 is 20.7 Å². The van der Waals surface area contributed by atoms with Crippen molar-refractivity contribution >= 4 is 11.8 Å². The highest BCUT2D eigenvalue weighted by atomic mass is 19.4. The molecule has 1 aliphatic rings. The van der Waals surface area contributed by atoms with Gasteiger partial charge in [0.15, 0.2) is 0 Å². The zero-order chi connectivity index (χ0) is 18.8. The van der Waals surface area contributed by atoms with Crippen molar-refractivity contribution in [2.45, 2.75) is 44.9 Å². The molecule has 138 valence electrons. The van der Waals surface area contributed by atoms with E-state index in [9.17, 15) is 27.2 Å². The minimum absolute atomic E-state index is 0.00353. The molecule has 25 heavy (non-hydrogen) atoms. The summed E-state index contributed by atoms with van der Waals surface area (Å²) in [5.74, 6) is -2.44. The lowest BCUT2D eigenvalue weighted by Gasteiger charge is -2.29. The van der Waals surface area contributed by atoms with Crippen molar-refractivity contribution in [3.8, 4) is 5.75 Å². The molecule has 1 fully saturated rings. The Labute approximate surface area is 140 Å². The van der Waals surface area contributed by atoms with Gasteiger partial charge in [-0.05, 0) is 19.9 Å². The zero-order valence-electron chi connectivity index (χ0n) is 13.4. The molecule has 6 nitrogen and oxygen atoms in total. The van der Waals surface area contributed by atoms with Gasteiger partial charge in [-0.2, -0.15) is 0 Å². The molecule has 1 saturated heterocycles. The van der Waals surface area contributed by atoms with Crippen molar-refractivity contribution in [1.82, 2.24) is 16.0 Å². The summed E-state index contributed by atoms with van der Waals surface area (Å²) in [4.78, 5) is 23.6. The van der Waals surface area contributed by atoms with Gasteiger partial charge in [0.2, 0.25) is 11.8 Å². The van der Waals surface area contributed by atoms with Crippen LogP contribution in [0.4, 0.5) is 17.6 Å². The second kappa shape index (κ2) is 7.26. The lowest BCUT2D eigenvalue weighted by molar-refractivity contribution is -0.274. The van der Waals surface area contributed by atoms with Crippen LogP contribution in [-0.2, 0) is 9.59 Å². The van der Waals surface area contributed by atoms with Gasteiger partial charge < -0.3 is 15.4 Å². The highest BCUT2D eigenvalue weighted by molar-refractivity contribution is 5.89. The van der Waals surface area contributed by atoms with E-state index in [4.69, 9.17) is 0 Å². The molecule has 0 aliphatic carbocycles. The van der Waals surface area contributed by atoms with Crippen LogP contribution in [0.1, 0.15) is 31.9 Å². The number of ether oxygens (including phenoxy) is 1. The Morgan fingerprint density at radius 2 is 2.08 bits per heavy atom. The van der Waals surface area contributed by atoms with Gasteiger partial charge in [0.25, 0.3) is 0 Å². The topological polar surface area (TPSA) is 79.5 Å². The molecule has 2 rings (SSSR count). The molecule has 0 aromatic heterocycles. The summed E-state index contributed by atoms with van der Waals surface area (Å²) < 4.78 is 54.0. The smallest absolute Gasteiger partial charge is 0.406 e. The van der Waals surface area contributed by atoms with Gasteiger partial charge in [0.1, 0.15) is 11.6 Å². The molecule has 3 N–H and O–H groups in total. The third kappa shape index (κ3) is 5.31. The van der Waals surface area contributed by atoms with Gasteiger partial charge >= 0.3 is 6.36 Å². The normalized spacial score (nSPS) is 22.1. The van der Waals surface area contributed by atoms with E-state index >= 15 is 0 Å². The first-order valence-electron chi connectivity index (χ1n) is 7.46. The first-order chi connectivity index (χ1) is 11.5. The van der Waals surface area contributed by atoms with E-state index in [0.717, 1.165) is 12.1 Å². The van der Waals surface area contributed by atoms with Crippen LogP contribution in [-0.4, -0.2) is 30.4 Å². The summed E-state index contributed by atoms with van der Waals surface area (Å²) in [5.41, 5.74) is -0.00353. The summed E-state index contributed by atoms with van der Waals surface area (Å²) in [5, 5.41) is 7.99. The van der Waals surface area contributed by atoms with E-state index in [1.165, 1.54) is 6.92 Å². The monoisotopic (exact) mass is 363 g/mol. The summed E-state index contributed by atoms with van der Waals surface area (Å²) in [6.45, 7) is 3.15. The molecule has 0 radical (unpaired) electrons. The molecule has 2 amide bonds. The van der Waals surface area contributed by atoms with Crippen LogP contribution in [0.15, 0.2) is 18.2 Å². The minimum Gasteiger partial charge on any atom is -0.406 e. The number of carbonyl (C=O) groups excluding carboxylic acids is 2. The van der Waals surface area contributed by atoms with E-state index < -0.39 is 35.9 Å². The van der Waals surface area contributed by atoms with Gasteiger partial charge in [0, 0.05) is 11.6 Å². The SMILES string of the molecule is CC1NC(=O)CC(C(=O)N[C@H](C)c2ccc(OC(F)(F)F)cc2F)N1. The number of alkyl halides is 3. The van der Waals surface area contributed by atoms with Crippen LogP contribution >= 0.6 is 0 Å². The van der Waals surface area contributed by atoms with E-state index in [2.05, 4.69) is 20.7 Å². The predicted molar refractivity (Wildman–Crippen MR) is 78.8 cm³/mol. The number of halogens is 4. The molecule has 0 spiro atoms. The fourth-order valence-corrected chi connectivity index (χ4v) is 2.50. The molecular formula is C15H17F4N3O3. The van der Waals surface area contributed by atoms with Crippen molar-refractivity contribution in [3.05, 3.63) is 29.6 Å². The number of carbonyl (C=O) groups is 2. The van der Waals surface area contributed by atoms with Crippen molar-refractivity contribution in [3.63, 3.8) is 0 Å². The van der Waals surface area contributed by atoms with Gasteiger partial charge in [-0.15, -0.1) is 13.2 Å². The first-order valence-corrected chi connectivity index (χ1v) is 7.46. The van der Waals surface area contributed by atoms with Crippen molar-refractivity contribution in [2.75, 3.05) is 0 Å². The molecule has 1 aliphatic heterocycles. The molecule has 0 bridgehead atoms. The number of rotatable bonds is 4. The maximum atomic E-state index is 14.0. The predicted octanol–water partition coefficient (Wildman–Crippen LogP) is 1.73. The summed E-state index contributed by atoms with van der Waals surface area (Å²) in [7, 11) is 0. The van der Waals surface area contributed by atoms with Gasteiger partial charge in [-0.1, -0.05) is 6.07 Å². The highest BCUT2D eigenvalue weighted by Gasteiger charge is 2.32. The van der Waals surface area contributed by atoms with Crippen molar-refractivity contribution in [1.29, 1.82) is 0 Å². The molecule has 1 heterocycles. The largest absolute Gasteiger partial charge is 0.573 e. The molecule has 10 heteroatoms. The molecular weight excluding hydrogens is 346 g/mol. The lowest BCUT2D eigenvalue weighted by Crippen LogP contribution is -2.59. The number of benzene rings is 1. The number of nitrogens with one attached hydrogen (secondary N) is 3. The van der Waals surface area contributed by atoms with Gasteiger partial charge in [0.05, 0.1) is 24.7 Å². The van der Waals surface area contributed by atoms with Gasteiger partial charge in [-0.3, -0.25) is 14.9 Å². The Hall–Kier alpha value is -2.36. The first kappa shape index (κ1) is 19.0. The summed E-state index contributed by atoms with van der Waals surface area (Å²) in [6.07, 6.45) is -5.37. The average Bonchev–Trinajstić information content (AvgIpc) is 2.44. The highest BCUT2D eigenvalue weighted by Crippen LogP contribution is 2.26. The Morgan fingerprint density at radius 3 is 2.64 bits per heavy atom. The zero-order valence-corrected chi connectivity index (χ0v) is 13.4. The van der Waals surface area contributed by atoms with Crippen molar-refractivity contribution in [2.24, 2.45) is 0 Å². The Bertz CT molecular complexity index is 666. The number of hydrogen-bond donors (Lipinski definition) is 3. The van der Waals surface area contributed by atoms with Crippen LogP contribution in [0.5, 0.6) is 5.75 Å². The Kier molecular flexibility index (Phi) is 5.51. The fourth-order valence-electron chi connectivity index (χ4n) is 2.50. The third-order valence-electron chi connectivity index (χ3n) is 3.57.